The van der Waals surface area contributed by atoms with Gasteiger partial charge in [-0.1, -0.05) is 0 Å². The van der Waals surface area contributed by atoms with Crippen LogP contribution in [-0.4, -0.2) is 34.4 Å². The molecule has 5 heteroatoms. The van der Waals surface area contributed by atoms with Crippen molar-refractivity contribution in [3.8, 4) is 0 Å². The molecule has 1 aromatic heterocycles. The maximum absolute atomic E-state index is 11.9. The predicted octanol–water partition coefficient (Wildman–Crippen LogP) is 1.39. The van der Waals surface area contributed by atoms with Gasteiger partial charge in [0.2, 0.25) is 5.91 Å². The highest BCUT2D eigenvalue weighted by Crippen LogP contribution is 2.28. The summed E-state index contributed by atoms with van der Waals surface area (Å²) in [7, 11) is 0. The lowest BCUT2D eigenvalue weighted by Crippen LogP contribution is -2.45. The highest BCUT2D eigenvalue weighted by atomic mass is 32.1. The Morgan fingerprint density at radius 3 is 3.29 bits per heavy atom. The van der Waals surface area contributed by atoms with Crippen LogP contribution in [0, 0.1) is 0 Å². The summed E-state index contributed by atoms with van der Waals surface area (Å²) in [5.74, 6) is 0.330. The number of hydrogen-bond donors (Lipinski definition) is 1. The van der Waals surface area contributed by atoms with Crippen molar-refractivity contribution in [2.45, 2.75) is 44.3 Å². The number of carbonyl (C=O) groups excluding carboxylic acids is 1. The van der Waals surface area contributed by atoms with Crippen molar-refractivity contribution in [2.24, 2.45) is 0 Å². The number of nitrogens with zero attached hydrogens (tertiary/aromatic N) is 2. The molecule has 2 fully saturated rings. The highest BCUT2D eigenvalue weighted by molar-refractivity contribution is 7.09. The van der Waals surface area contributed by atoms with Gasteiger partial charge in [-0.3, -0.25) is 9.78 Å². The van der Waals surface area contributed by atoms with E-state index in [-0.39, 0.29) is 0 Å². The Morgan fingerprint density at radius 2 is 2.47 bits per heavy atom. The Hall–Kier alpha value is -0.940. The molecule has 1 amide bonds. The van der Waals surface area contributed by atoms with Gasteiger partial charge in [0.05, 0.1) is 5.51 Å². The van der Waals surface area contributed by atoms with E-state index in [1.165, 1.54) is 17.7 Å². The van der Waals surface area contributed by atoms with Gasteiger partial charge in [-0.25, -0.2) is 0 Å². The smallest absolute Gasteiger partial charge is 0.224 e. The van der Waals surface area contributed by atoms with Crippen molar-refractivity contribution >= 4 is 17.2 Å². The molecule has 2 aliphatic heterocycles. The van der Waals surface area contributed by atoms with Crippen LogP contribution in [0.25, 0.3) is 0 Å². The van der Waals surface area contributed by atoms with Crippen LogP contribution in [0.5, 0.6) is 0 Å². The van der Waals surface area contributed by atoms with Gasteiger partial charge >= 0.3 is 0 Å². The van der Waals surface area contributed by atoms with E-state index in [4.69, 9.17) is 0 Å². The summed E-state index contributed by atoms with van der Waals surface area (Å²) in [6, 6.07) is 0.772. The lowest BCUT2D eigenvalue weighted by atomic mass is 9.99. The van der Waals surface area contributed by atoms with E-state index in [2.05, 4.69) is 15.2 Å². The Morgan fingerprint density at radius 1 is 1.53 bits per heavy atom. The van der Waals surface area contributed by atoms with E-state index >= 15 is 0 Å². The molecule has 3 heterocycles. The lowest BCUT2D eigenvalue weighted by molar-refractivity contribution is -0.129. The molecule has 3 rings (SSSR count). The molecule has 1 aromatic rings. The Kier molecular flexibility index (Phi) is 3.11. The average molecular weight is 251 g/mol. The van der Waals surface area contributed by atoms with Gasteiger partial charge in [-0.15, -0.1) is 11.3 Å². The van der Waals surface area contributed by atoms with E-state index in [1.807, 2.05) is 11.7 Å². The number of thiazole rings is 1. The standard InChI is InChI=1S/C12H17N3OS/c16-12-5-10(11-3-1-2-4-15(11)12)14-7-9-6-13-8-17-9/h6,8,10-11,14H,1-5,7H2. The molecule has 0 aliphatic carbocycles. The Labute approximate surface area is 105 Å². The van der Waals surface area contributed by atoms with Gasteiger partial charge in [0, 0.05) is 42.7 Å². The summed E-state index contributed by atoms with van der Waals surface area (Å²) in [5, 5.41) is 3.52. The van der Waals surface area contributed by atoms with Crippen LogP contribution in [-0.2, 0) is 11.3 Å². The Balaban J connectivity index is 1.61. The maximum Gasteiger partial charge on any atom is 0.224 e. The fourth-order valence-corrected chi connectivity index (χ4v) is 3.44. The Bertz CT molecular complexity index is 392. The van der Waals surface area contributed by atoms with Crippen LogP contribution < -0.4 is 5.32 Å². The van der Waals surface area contributed by atoms with Crippen molar-refractivity contribution in [1.29, 1.82) is 0 Å². The molecule has 0 spiro atoms. The lowest BCUT2D eigenvalue weighted by Gasteiger charge is -2.32. The SMILES string of the molecule is O=C1CC(NCc2cncs2)C2CCCCN12. The minimum atomic E-state index is 0.330. The molecule has 2 unspecified atom stereocenters. The fraction of sp³-hybridized carbons (Fsp3) is 0.667. The summed E-state index contributed by atoms with van der Waals surface area (Å²) in [6.45, 7) is 1.80. The molecule has 2 aliphatic rings. The van der Waals surface area contributed by atoms with E-state index < -0.39 is 0 Å². The van der Waals surface area contributed by atoms with E-state index in [1.54, 1.807) is 11.3 Å². The van der Waals surface area contributed by atoms with Crippen molar-refractivity contribution < 1.29 is 4.79 Å². The third-order valence-electron chi connectivity index (χ3n) is 3.75. The van der Waals surface area contributed by atoms with Gasteiger partial charge in [0.15, 0.2) is 0 Å². The second kappa shape index (κ2) is 4.74. The summed E-state index contributed by atoms with van der Waals surface area (Å²) < 4.78 is 0. The molecule has 17 heavy (non-hydrogen) atoms. The summed E-state index contributed by atoms with van der Waals surface area (Å²) in [4.78, 5) is 19.2. The first-order chi connectivity index (χ1) is 8.34. The summed E-state index contributed by atoms with van der Waals surface area (Å²) in [5.41, 5.74) is 1.85. The summed E-state index contributed by atoms with van der Waals surface area (Å²) in [6.07, 6.45) is 6.15. The average Bonchev–Trinajstić information content (AvgIpc) is 2.96. The van der Waals surface area contributed by atoms with Crippen molar-refractivity contribution in [3.05, 3.63) is 16.6 Å². The molecule has 4 nitrogen and oxygen atoms in total. The van der Waals surface area contributed by atoms with Gasteiger partial charge in [0.1, 0.15) is 0 Å². The zero-order chi connectivity index (χ0) is 11.7. The first kappa shape index (κ1) is 11.2. The van der Waals surface area contributed by atoms with Crippen molar-refractivity contribution in [3.63, 3.8) is 0 Å². The molecule has 2 saturated heterocycles. The van der Waals surface area contributed by atoms with E-state index in [0.717, 1.165) is 19.5 Å². The van der Waals surface area contributed by atoms with Crippen LogP contribution in [0.2, 0.25) is 0 Å². The third kappa shape index (κ3) is 2.21. The first-order valence-electron chi connectivity index (χ1n) is 6.25. The minimum Gasteiger partial charge on any atom is -0.338 e. The second-order valence-electron chi connectivity index (χ2n) is 4.81. The zero-order valence-electron chi connectivity index (χ0n) is 9.76. The monoisotopic (exact) mass is 251 g/mol. The topological polar surface area (TPSA) is 45.2 Å². The van der Waals surface area contributed by atoms with Crippen LogP contribution in [0.3, 0.4) is 0 Å². The van der Waals surface area contributed by atoms with Crippen molar-refractivity contribution in [2.75, 3.05) is 6.54 Å². The molecule has 0 bridgehead atoms. The molecule has 0 radical (unpaired) electrons. The molecule has 1 N–H and O–H groups in total. The minimum absolute atomic E-state index is 0.330. The van der Waals surface area contributed by atoms with Crippen LogP contribution in [0.15, 0.2) is 11.7 Å². The van der Waals surface area contributed by atoms with Crippen LogP contribution in [0.1, 0.15) is 30.6 Å². The van der Waals surface area contributed by atoms with E-state index in [0.29, 0.717) is 24.4 Å². The maximum atomic E-state index is 11.9. The number of piperidine rings is 1. The normalized spacial score (nSPS) is 28.5. The number of fused-ring (bicyclic) bond motifs is 1. The second-order valence-corrected chi connectivity index (χ2v) is 5.78. The molecule has 0 aromatic carbocycles. The molecule has 2 atom stereocenters. The van der Waals surface area contributed by atoms with Gasteiger partial charge in [-0.2, -0.15) is 0 Å². The largest absolute Gasteiger partial charge is 0.338 e. The highest BCUT2D eigenvalue weighted by Gasteiger charge is 2.40. The zero-order valence-corrected chi connectivity index (χ0v) is 10.6. The van der Waals surface area contributed by atoms with Crippen molar-refractivity contribution in [1.82, 2.24) is 15.2 Å². The number of amides is 1. The number of aromatic nitrogens is 1. The quantitative estimate of drug-likeness (QED) is 0.883. The molecule has 92 valence electrons. The third-order valence-corrected chi connectivity index (χ3v) is 4.53. The van der Waals surface area contributed by atoms with E-state index in [9.17, 15) is 4.79 Å². The number of nitrogens with one attached hydrogen (secondary N) is 1. The number of rotatable bonds is 3. The first-order valence-corrected chi connectivity index (χ1v) is 7.13. The molecular weight excluding hydrogens is 234 g/mol. The van der Waals surface area contributed by atoms with Crippen LogP contribution in [0.4, 0.5) is 0 Å². The molecule has 0 saturated carbocycles. The van der Waals surface area contributed by atoms with Gasteiger partial charge in [0.25, 0.3) is 0 Å². The van der Waals surface area contributed by atoms with Gasteiger partial charge in [-0.05, 0) is 19.3 Å². The predicted molar refractivity (Wildman–Crippen MR) is 66.7 cm³/mol. The molecular formula is C12H17N3OS. The number of carbonyl (C=O) groups is 1. The van der Waals surface area contributed by atoms with Gasteiger partial charge < -0.3 is 10.2 Å². The van der Waals surface area contributed by atoms with Crippen LogP contribution >= 0.6 is 11.3 Å². The summed E-state index contributed by atoms with van der Waals surface area (Å²) >= 11 is 1.66. The fourth-order valence-electron chi connectivity index (χ4n) is 2.90. The number of hydrogen-bond acceptors (Lipinski definition) is 4.